The van der Waals surface area contributed by atoms with Crippen LogP contribution < -0.4 is 14.8 Å². The highest BCUT2D eigenvalue weighted by molar-refractivity contribution is 6.35. The van der Waals surface area contributed by atoms with Gasteiger partial charge < -0.3 is 28.8 Å². The van der Waals surface area contributed by atoms with Crippen molar-refractivity contribution >= 4 is 62.8 Å². The predicted octanol–water partition coefficient (Wildman–Crippen LogP) is 7.44. The lowest BCUT2D eigenvalue weighted by molar-refractivity contribution is -0.173. The van der Waals surface area contributed by atoms with Gasteiger partial charge in [-0.2, -0.15) is 5.10 Å². The van der Waals surface area contributed by atoms with Gasteiger partial charge in [0.05, 0.1) is 45.3 Å². The van der Waals surface area contributed by atoms with E-state index >= 15 is 0 Å². The number of rotatable bonds is 15. The van der Waals surface area contributed by atoms with Crippen molar-refractivity contribution in [1.82, 2.24) is 34.4 Å². The van der Waals surface area contributed by atoms with Crippen LogP contribution in [0.3, 0.4) is 0 Å². The normalized spacial score (nSPS) is 18.4. The van der Waals surface area contributed by atoms with Crippen LogP contribution >= 0.6 is 11.6 Å². The van der Waals surface area contributed by atoms with Gasteiger partial charge in [-0.15, -0.1) is 0 Å². The lowest BCUT2D eigenvalue weighted by Gasteiger charge is -2.42. The molecule has 0 radical (unpaired) electrons. The third-order valence-electron chi connectivity index (χ3n) is 14.7. The molecule has 2 N–H and O–H groups in total. The molecular formula is C55H60ClN7O9. The molecule has 72 heavy (non-hydrogen) atoms. The molecule has 5 heterocycles. The average Bonchev–Trinajstić information content (AvgIpc) is 3.88. The summed E-state index contributed by atoms with van der Waals surface area (Å²) in [6.07, 6.45) is 1.77. The predicted molar refractivity (Wildman–Crippen MR) is 271 cm³/mol. The molecule has 0 bridgehead atoms. The number of carbonyl (C=O) groups is 5. The van der Waals surface area contributed by atoms with Gasteiger partial charge in [-0.3, -0.25) is 43.8 Å². The van der Waals surface area contributed by atoms with Crippen LogP contribution in [0.2, 0.25) is 5.02 Å². The number of aliphatic hydroxyl groups excluding tert-OH is 1. The maximum atomic E-state index is 14.0. The van der Waals surface area contributed by atoms with Crippen molar-refractivity contribution in [3.63, 3.8) is 0 Å². The number of imide groups is 2. The highest BCUT2D eigenvalue weighted by atomic mass is 35.5. The second-order valence-corrected chi connectivity index (χ2v) is 20.9. The SMILES string of the molecule is Cc1nn(C)c(C)c1-c1c(Cl)ccc2c(CCCOc3cccc4ccccc34)c(C(O)OC(C)(C)C)n(CCN3CCN(C(=O)COc4cccc5c4C(=O)N(C4CCC(=O)NC4=O)C5=O)CC34CC4)c12. The lowest BCUT2D eigenvalue weighted by atomic mass is 9.98. The fourth-order valence-electron chi connectivity index (χ4n) is 11.1. The van der Waals surface area contributed by atoms with Crippen LogP contribution in [0.15, 0.2) is 72.8 Å². The van der Waals surface area contributed by atoms with Crippen molar-refractivity contribution in [2.45, 2.75) is 103 Å². The molecule has 3 aliphatic heterocycles. The van der Waals surface area contributed by atoms with Crippen LogP contribution in [0.1, 0.15) is 103 Å². The molecule has 2 aromatic heterocycles. The summed E-state index contributed by atoms with van der Waals surface area (Å²) in [4.78, 5) is 70.7. The van der Waals surface area contributed by atoms with Crippen molar-refractivity contribution in [2.75, 3.05) is 39.4 Å². The summed E-state index contributed by atoms with van der Waals surface area (Å²) >= 11 is 7.28. The number of ether oxygens (including phenoxy) is 3. The molecule has 2 saturated heterocycles. The Hall–Kier alpha value is -6.59. The Balaban J connectivity index is 0.904. The Bertz CT molecular complexity index is 3180. The summed E-state index contributed by atoms with van der Waals surface area (Å²) < 4.78 is 23.0. The molecule has 2 atom stereocenters. The van der Waals surface area contributed by atoms with Gasteiger partial charge in [0.1, 0.15) is 17.5 Å². The Morgan fingerprint density at radius 2 is 1.64 bits per heavy atom. The summed E-state index contributed by atoms with van der Waals surface area (Å²) in [5.41, 5.74) is 5.21. The Kier molecular flexibility index (Phi) is 13.0. The highest BCUT2D eigenvalue weighted by Crippen LogP contribution is 2.47. The van der Waals surface area contributed by atoms with E-state index in [1.165, 1.54) is 12.1 Å². The average molecular weight is 999 g/mol. The quantitative estimate of drug-likeness (QED) is 0.0594. The van der Waals surface area contributed by atoms with E-state index in [1.54, 1.807) is 11.0 Å². The van der Waals surface area contributed by atoms with E-state index in [4.69, 9.17) is 30.9 Å². The zero-order chi connectivity index (χ0) is 50.8. The zero-order valence-corrected chi connectivity index (χ0v) is 42.3. The van der Waals surface area contributed by atoms with Gasteiger partial charge in [-0.05, 0) is 102 Å². The lowest BCUT2D eigenvalue weighted by Crippen LogP contribution is -2.57. The molecule has 6 aromatic rings. The minimum Gasteiger partial charge on any atom is -0.493 e. The molecule has 4 aromatic carbocycles. The van der Waals surface area contributed by atoms with E-state index in [9.17, 15) is 29.1 Å². The summed E-state index contributed by atoms with van der Waals surface area (Å²) in [5, 5.41) is 23.0. The van der Waals surface area contributed by atoms with Crippen LogP contribution in [0.5, 0.6) is 11.5 Å². The molecule has 5 amide bonds. The fourth-order valence-corrected chi connectivity index (χ4v) is 11.3. The number of hydrogen-bond acceptors (Lipinski definition) is 11. The number of fused-ring (bicyclic) bond motifs is 3. The first-order valence-electron chi connectivity index (χ1n) is 24.8. The van der Waals surface area contributed by atoms with Gasteiger partial charge in [0, 0.05) is 79.3 Å². The number of nitrogens with zero attached hydrogens (tertiary/aromatic N) is 6. The molecule has 2 unspecified atom stereocenters. The Labute approximate surface area is 422 Å². The van der Waals surface area contributed by atoms with Crippen LogP contribution in [0, 0.1) is 13.8 Å². The summed E-state index contributed by atoms with van der Waals surface area (Å²) in [7, 11) is 1.92. The molecular weight excluding hydrogens is 938 g/mol. The van der Waals surface area contributed by atoms with E-state index in [1.807, 2.05) is 82.7 Å². The first-order valence-corrected chi connectivity index (χ1v) is 25.1. The number of nitrogens with one attached hydrogen (secondary N) is 1. The number of piperidine rings is 1. The minimum absolute atomic E-state index is 0.00295. The van der Waals surface area contributed by atoms with Gasteiger partial charge >= 0.3 is 0 Å². The molecule has 1 aliphatic carbocycles. The van der Waals surface area contributed by atoms with Crippen LogP contribution in [0.25, 0.3) is 32.8 Å². The molecule has 4 aliphatic rings. The largest absolute Gasteiger partial charge is 0.493 e. The smallest absolute Gasteiger partial charge is 0.266 e. The third kappa shape index (κ3) is 9.03. The maximum Gasteiger partial charge on any atom is 0.266 e. The first-order chi connectivity index (χ1) is 34.4. The van der Waals surface area contributed by atoms with Crippen LogP contribution in [-0.4, -0.2) is 120 Å². The molecule has 1 spiro atoms. The number of piperazine rings is 1. The number of aliphatic hydroxyl groups is 1. The number of hydrogen-bond donors (Lipinski definition) is 2. The van der Waals surface area contributed by atoms with Gasteiger partial charge in [0.15, 0.2) is 12.9 Å². The topological polar surface area (TPSA) is 178 Å². The van der Waals surface area contributed by atoms with Gasteiger partial charge in [0.2, 0.25) is 11.8 Å². The van der Waals surface area contributed by atoms with Crippen molar-refractivity contribution in [3.05, 3.63) is 112 Å². The number of amides is 5. The van der Waals surface area contributed by atoms with E-state index in [2.05, 4.69) is 33.0 Å². The fraction of sp³-hybridized carbons (Fsp3) is 0.418. The molecule has 376 valence electrons. The zero-order valence-electron chi connectivity index (χ0n) is 41.5. The van der Waals surface area contributed by atoms with E-state index in [-0.39, 0.29) is 47.8 Å². The van der Waals surface area contributed by atoms with Crippen molar-refractivity contribution in [1.29, 1.82) is 0 Å². The second-order valence-electron chi connectivity index (χ2n) is 20.5. The molecule has 10 rings (SSSR count). The first kappa shape index (κ1) is 49.0. The highest BCUT2D eigenvalue weighted by Gasteiger charge is 2.52. The number of aromatic nitrogens is 3. The monoisotopic (exact) mass is 997 g/mol. The summed E-state index contributed by atoms with van der Waals surface area (Å²) in [5.74, 6) is -1.87. The van der Waals surface area contributed by atoms with E-state index in [0.717, 1.165) is 73.2 Å². The Morgan fingerprint density at radius 3 is 2.38 bits per heavy atom. The molecule has 17 heteroatoms. The van der Waals surface area contributed by atoms with Gasteiger partial charge in [-0.1, -0.05) is 60.1 Å². The molecule has 3 fully saturated rings. The van der Waals surface area contributed by atoms with E-state index in [0.29, 0.717) is 62.9 Å². The number of benzene rings is 4. The number of halogens is 1. The summed E-state index contributed by atoms with van der Waals surface area (Å²) in [6, 6.07) is 21.7. The van der Waals surface area contributed by atoms with Gasteiger partial charge in [-0.25, -0.2) is 0 Å². The molecule has 16 nitrogen and oxygen atoms in total. The van der Waals surface area contributed by atoms with Crippen molar-refractivity contribution < 1.29 is 43.3 Å². The Morgan fingerprint density at radius 1 is 0.889 bits per heavy atom. The molecule has 1 saturated carbocycles. The minimum atomic E-state index is -1.28. The number of aryl methyl sites for hydroxylation is 3. The van der Waals surface area contributed by atoms with E-state index < -0.39 is 41.6 Å². The maximum absolute atomic E-state index is 14.0. The van der Waals surface area contributed by atoms with Crippen LogP contribution in [-0.2, 0) is 39.1 Å². The second kappa shape index (κ2) is 19.1. The summed E-state index contributed by atoms with van der Waals surface area (Å²) in [6.45, 7) is 12.5. The van der Waals surface area contributed by atoms with Crippen molar-refractivity contribution in [2.24, 2.45) is 7.05 Å². The number of carbonyl (C=O) groups excluding carboxylic acids is 5. The third-order valence-corrected chi connectivity index (χ3v) is 15.0. The van der Waals surface area contributed by atoms with Crippen molar-refractivity contribution in [3.8, 4) is 22.6 Å². The van der Waals surface area contributed by atoms with Gasteiger partial charge in [0.25, 0.3) is 17.7 Å². The van der Waals surface area contributed by atoms with Crippen LogP contribution in [0.4, 0.5) is 0 Å². The standard InChI is InChI=1S/C55H60ClN7O9/c1-32-45(33(2)59(6)58-32)47-39(56)20-19-37-36(16-11-29-70-41-17-9-13-34-12-7-8-14-35(34)41)49(53(69)72-54(3,4)5)62(48(37)47)28-27-61-26-25-60(31-55(61)23-24-55)44(65)30-71-42-18-10-15-38-46(42)52(68)63(51(38)67)40-21-22-43(64)57-50(40)66/h7-10,12-15,17-20,40,53,69H,11,16,21-31H2,1-6H3,(H,57,64,66).